The number of hydrogen-bond acceptors (Lipinski definition) is 9. The van der Waals surface area contributed by atoms with Crippen molar-refractivity contribution in [3.63, 3.8) is 0 Å². The number of esters is 2. The van der Waals surface area contributed by atoms with Crippen molar-refractivity contribution < 1.29 is 42.7 Å². The van der Waals surface area contributed by atoms with Gasteiger partial charge in [-0.25, -0.2) is 9.59 Å². The van der Waals surface area contributed by atoms with Crippen LogP contribution in [0.3, 0.4) is 0 Å². The molecule has 47 heavy (non-hydrogen) atoms. The molecule has 0 aromatic heterocycles. The monoisotopic (exact) mass is 640 g/mol. The first-order valence-corrected chi connectivity index (χ1v) is 15.9. The van der Waals surface area contributed by atoms with Gasteiger partial charge < -0.3 is 33.2 Å². The van der Waals surface area contributed by atoms with Crippen LogP contribution < -0.4 is 14.2 Å². The third kappa shape index (κ3) is 8.75. The molecule has 0 bridgehead atoms. The van der Waals surface area contributed by atoms with Crippen LogP contribution >= 0.6 is 0 Å². The van der Waals surface area contributed by atoms with Gasteiger partial charge in [-0.05, 0) is 83.4 Å². The molecule has 0 atom stereocenters. The molecule has 4 aromatic rings. The van der Waals surface area contributed by atoms with Gasteiger partial charge in [0, 0.05) is 10.8 Å². The Morgan fingerprint density at radius 1 is 0.596 bits per heavy atom. The molecule has 9 nitrogen and oxygen atoms in total. The van der Waals surface area contributed by atoms with E-state index < -0.39 is 11.9 Å². The molecular weight excluding hydrogens is 600 g/mol. The fourth-order valence-corrected chi connectivity index (χ4v) is 5.27. The van der Waals surface area contributed by atoms with Gasteiger partial charge in [-0.2, -0.15) is 0 Å². The molecule has 9 heteroatoms. The zero-order valence-corrected chi connectivity index (χ0v) is 26.8. The van der Waals surface area contributed by atoms with E-state index in [0.717, 1.165) is 49.2 Å². The zero-order chi connectivity index (χ0) is 32.7. The lowest BCUT2D eigenvalue weighted by Crippen LogP contribution is -2.43. The fraction of sp³-hybridized carbons (Fsp3) is 0.368. The van der Waals surface area contributed by atoms with Gasteiger partial charge in [0.05, 0.1) is 64.0 Å². The number of carbonyl (C=O) groups is 2. The maximum absolute atomic E-state index is 12.8. The van der Waals surface area contributed by atoms with E-state index in [9.17, 15) is 9.59 Å². The first kappa shape index (κ1) is 32.7. The van der Waals surface area contributed by atoms with Crippen LogP contribution in [-0.2, 0) is 25.4 Å². The summed E-state index contributed by atoms with van der Waals surface area (Å²) in [6.45, 7) is 10.1. The summed E-state index contributed by atoms with van der Waals surface area (Å²) in [7, 11) is 0. The molecule has 0 amide bonds. The van der Waals surface area contributed by atoms with Crippen LogP contribution in [-0.4, -0.2) is 71.4 Å². The molecule has 0 saturated carbocycles. The summed E-state index contributed by atoms with van der Waals surface area (Å²) < 4.78 is 39.0. The van der Waals surface area contributed by atoms with E-state index in [4.69, 9.17) is 33.2 Å². The lowest BCUT2D eigenvalue weighted by atomic mass is 9.90. The van der Waals surface area contributed by atoms with Crippen molar-refractivity contribution in [1.82, 2.24) is 0 Å². The van der Waals surface area contributed by atoms with Crippen molar-refractivity contribution in [2.24, 2.45) is 10.8 Å². The Hall–Kier alpha value is -4.28. The molecule has 2 fully saturated rings. The second-order valence-electron chi connectivity index (χ2n) is 13.0. The van der Waals surface area contributed by atoms with Crippen LogP contribution in [0.4, 0.5) is 0 Å². The van der Waals surface area contributed by atoms with E-state index in [-0.39, 0.29) is 10.8 Å². The zero-order valence-electron chi connectivity index (χ0n) is 26.8. The standard InChI is InChI=1S/C38H40O9/c1-37(23-43-24-37)21-41-16-15-27-3-5-28(6-4-27)35(39)46-33-13-9-31-20-34(14-10-30(31)19-33)47-36(40)29-7-11-32(12-8-29)45-18-17-42-22-38(2)25-44-26-38/h3-14,19-20H,15-18,21-26H2,1-2H3. The van der Waals surface area contributed by atoms with Crippen LogP contribution in [0.15, 0.2) is 84.9 Å². The van der Waals surface area contributed by atoms with E-state index in [1.165, 1.54) is 0 Å². The Bertz CT molecular complexity index is 1670. The molecule has 246 valence electrons. The first-order valence-electron chi connectivity index (χ1n) is 15.9. The number of benzene rings is 4. The van der Waals surface area contributed by atoms with E-state index in [2.05, 4.69) is 13.8 Å². The average molecular weight is 641 g/mol. The molecule has 0 spiro atoms. The molecule has 4 aromatic carbocycles. The highest BCUT2D eigenvalue weighted by Crippen LogP contribution is 2.28. The first-order chi connectivity index (χ1) is 22.8. The predicted octanol–water partition coefficient (Wildman–Crippen LogP) is 6.31. The van der Waals surface area contributed by atoms with E-state index in [0.29, 0.717) is 61.4 Å². The van der Waals surface area contributed by atoms with Crippen molar-refractivity contribution in [2.45, 2.75) is 20.3 Å². The van der Waals surface area contributed by atoms with Crippen LogP contribution in [0.1, 0.15) is 40.1 Å². The van der Waals surface area contributed by atoms with Crippen LogP contribution in [0.2, 0.25) is 0 Å². The lowest BCUT2D eigenvalue weighted by molar-refractivity contribution is -0.139. The Labute approximate surface area is 274 Å². The number of hydrogen-bond donors (Lipinski definition) is 0. The van der Waals surface area contributed by atoms with Gasteiger partial charge in [-0.3, -0.25) is 0 Å². The Kier molecular flexibility index (Phi) is 10.2. The van der Waals surface area contributed by atoms with Crippen molar-refractivity contribution in [3.8, 4) is 17.2 Å². The average Bonchev–Trinajstić information content (AvgIpc) is 3.05. The van der Waals surface area contributed by atoms with Gasteiger partial charge in [-0.15, -0.1) is 0 Å². The van der Waals surface area contributed by atoms with Gasteiger partial charge in [0.2, 0.25) is 0 Å². The highest BCUT2D eigenvalue weighted by molar-refractivity contribution is 5.93. The summed E-state index contributed by atoms with van der Waals surface area (Å²) in [4.78, 5) is 25.6. The van der Waals surface area contributed by atoms with Gasteiger partial charge in [-0.1, -0.05) is 38.1 Å². The molecule has 2 heterocycles. The van der Waals surface area contributed by atoms with Crippen molar-refractivity contribution in [2.75, 3.05) is 59.5 Å². The fourth-order valence-electron chi connectivity index (χ4n) is 5.27. The summed E-state index contributed by atoms with van der Waals surface area (Å²) in [6, 6.07) is 24.8. The van der Waals surface area contributed by atoms with E-state index in [1.807, 2.05) is 24.3 Å². The second kappa shape index (κ2) is 14.6. The molecule has 0 radical (unpaired) electrons. The van der Waals surface area contributed by atoms with Crippen molar-refractivity contribution >= 4 is 22.7 Å². The number of rotatable bonds is 15. The van der Waals surface area contributed by atoms with Gasteiger partial charge in [0.15, 0.2) is 0 Å². The van der Waals surface area contributed by atoms with E-state index >= 15 is 0 Å². The molecule has 2 aliphatic heterocycles. The summed E-state index contributed by atoms with van der Waals surface area (Å²) in [5.74, 6) is 0.571. The minimum absolute atomic E-state index is 0.111. The number of ether oxygens (including phenoxy) is 7. The second-order valence-corrected chi connectivity index (χ2v) is 13.0. The van der Waals surface area contributed by atoms with Gasteiger partial charge in [0.1, 0.15) is 23.9 Å². The smallest absolute Gasteiger partial charge is 0.343 e. The Morgan fingerprint density at radius 2 is 1.06 bits per heavy atom. The van der Waals surface area contributed by atoms with Gasteiger partial charge >= 0.3 is 11.9 Å². The summed E-state index contributed by atoms with van der Waals surface area (Å²) >= 11 is 0. The van der Waals surface area contributed by atoms with Crippen LogP contribution in [0, 0.1) is 10.8 Å². The summed E-state index contributed by atoms with van der Waals surface area (Å²) in [5, 5.41) is 1.68. The number of carbonyl (C=O) groups excluding carboxylic acids is 2. The number of fused-ring (bicyclic) bond motifs is 1. The third-order valence-corrected chi connectivity index (χ3v) is 8.22. The third-order valence-electron chi connectivity index (χ3n) is 8.22. The largest absolute Gasteiger partial charge is 0.491 e. The molecule has 6 rings (SSSR count). The van der Waals surface area contributed by atoms with Gasteiger partial charge in [0.25, 0.3) is 0 Å². The van der Waals surface area contributed by atoms with Crippen molar-refractivity contribution in [1.29, 1.82) is 0 Å². The quantitative estimate of drug-likeness (QED) is 0.0842. The van der Waals surface area contributed by atoms with E-state index in [1.54, 1.807) is 60.7 Å². The molecule has 0 N–H and O–H groups in total. The predicted molar refractivity (Wildman–Crippen MR) is 175 cm³/mol. The molecule has 0 unspecified atom stereocenters. The van der Waals surface area contributed by atoms with Crippen LogP contribution in [0.25, 0.3) is 10.8 Å². The van der Waals surface area contributed by atoms with Crippen molar-refractivity contribution in [3.05, 3.63) is 102 Å². The Balaban J connectivity index is 0.951. The maximum Gasteiger partial charge on any atom is 0.343 e. The minimum atomic E-state index is -0.475. The minimum Gasteiger partial charge on any atom is -0.491 e. The van der Waals surface area contributed by atoms with Crippen LogP contribution in [0.5, 0.6) is 17.2 Å². The maximum atomic E-state index is 12.8. The topological polar surface area (TPSA) is 98.8 Å². The molecule has 2 saturated heterocycles. The lowest BCUT2D eigenvalue weighted by Gasteiger charge is -2.37. The highest BCUT2D eigenvalue weighted by atomic mass is 16.5. The summed E-state index contributed by atoms with van der Waals surface area (Å²) in [6.07, 6.45) is 0.766. The SMILES string of the molecule is CC1(COCCOc2ccc(C(=O)Oc3ccc4cc(OC(=O)c5ccc(CCOCC6(C)COC6)cc5)ccc4c3)cc2)COC1. The molecular formula is C38H40O9. The highest BCUT2D eigenvalue weighted by Gasteiger charge is 2.34. The molecule has 2 aliphatic rings. The summed E-state index contributed by atoms with van der Waals surface area (Å²) in [5.41, 5.74) is 2.21. The molecule has 0 aliphatic carbocycles. The normalized spacial score (nSPS) is 16.1. The Morgan fingerprint density at radius 3 is 1.55 bits per heavy atom.